The molecule has 0 aliphatic heterocycles. The van der Waals surface area contributed by atoms with E-state index in [1.807, 2.05) is 35.2 Å². The first kappa shape index (κ1) is 16.5. The van der Waals surface area contributed by atoms with Gasteiger partial charge in [-0.25, -0.2) is 0 Å². The summed E-state index contributed by atoms with van der Waals surface area (Å²) in [6.07, 6.45) is 0. The van der Waals surface area contributed by atoms with Gasteiger partial charge in [-0.2, -0.15) is 0 Å². The van der Waals surface area contributed by atoms with Gasteiger partial charge in [-0.3, -0.25) is 4.79 Å². The van der Waals surface area contributed by atoms with Gasteiger partial charge in [-0.15, -0.1) is 0 Å². The minimum Gasteiger partial charge on any atom is -0.333 e. The van der Waals surface area contributed by atoms with E-state index in [1.165, 1.54) is 0 Å². The average Bonchev–Trinajstić information content (AvgIpc) is 2.41. The Balaban J connectivity index is 2.40. The Morgan fingerprint density at radius 2 is 1.50 bits per heavy atom. The second-order valence-corrected chi connectivity index (χ2v) is 8.18. The molecule has 0 aliphatic rings. The maximum atomic E-state index is 13.0. The van der Waals surface area contributed by atoms with Gasteiger partial charge < -0.3 is 4.90 Å². The summed E-state index contributed by atoms with van der Waals surface area (Å²) in [5.41, 5.74) is 0.633. The summed E-state index contributed by atoms with van der Waals surface area (Å²) < 4.78 is 0. The number of carbonyl (C=O) groups is 1. The molecule has 2 rings (SSSR count). The van der Waals surface area contributed by atoms with E-state index >= 15 is 0 Å². The van der Waals surface area contributed by atoms with Crippen molar-refractivity contribution >= 4 is 16.7 Å². The molecule has 0 fully saturated rings. The average molecular weight is 297 g/mol. The highest BCUT2D eigenvalue weighted by molar-refractivity contribution is 5.99. The molecule has 0 saturated heterocycles. The maximum Gasteiger partial charge on any atom is 0.254 e. The Kier molecular flexibility index (Phi) is 4.32. The zero-order chi connectivity index (χ0) is 16.5. The third-order valence-corrected chi connectivity index (χ3v) is 3.68. The van der Waals surface area contributed by atoms with Gasteiger partial charge in [-0.1, -0.05) is 51.1 Å². The number of hydrogen-bond acceptors (Lipinski definition) is 1. The van der Waals surface area contributed by atoms with Crippen molar-refractivity contribution in [3.05, 3.63) is 48.0 Å². The molecular formula is C20H27NO. The van der Waals surface area contributed by atoms with E-state index in [1.54, 1.807) is 0 Å². The molecule has 1 amide bonds. The third-order valence-electron chi connectivity index (χ3n) is 3.68. The predicted octanol–water partition coefficient (Wildman–Crippen LogP) is 5.13. The van der Waals surface area contributed by atoms with Crippen molar-refractivity contribution in [2.24, 2.45) is 5.41 Å². The Hall–Kier alpha value is -1.83. The predicted molar refractivity (Wildman–Crippen MR) is 94.2 cm³/mol. The van der Waals surface area contributed by atoms with Gasteiger partial charge in [0.05, 0.1) is 0 Å². The van der Waals surface area contributed by atoms with Crippen LogP contribution in [0, 0.1) is 5.41 Å². The molecule has 0 N–H and O–H groups in total. The van der Waals surface area contributed by atoms with Crippen LogP contribution >= 0.6 is 0 Å². The van der Waals surface area contributed by atoms with E-state index < -0.39 is 0 Å². The summed E-state index contributed by atoms with van der Waals surface area (Å²) in [4.78, 5) is 15.0. The molecule has 0 spiro atoms. The Morgan fingerprint density at radius 1 is 0.909 bits per heavy atom. The van der Waals surface area contributed by atoms with Gasteiger partial charge in [-0.05, 0) is 49.1 Å². The van der Waals surface area contributed by atoms with Crippen LogP contribution in [0.15, 0.2) is 42.5 Å². The van der Waals surface area contributed by atoms with Crippen molar-refractivity contribution in [2.45, 2.75) is 47.1 Å². The second kappa shape index (κ2) is 5.75. The normalized spacial score (nSPS) is 12.5. The fraction of sp³-hybridized carbons (Fsp3) is 0.450. The minimum absolute atomic E-state index is 0.0692. The van der Waals surface area contributed by atoms with Gasteiger partial charge in [0, 0.05) is 17.6 Å². The molecule has 0 saturated carbocycles. The molecule has 2 aromatic rings. The SMILES string of the molecule is CC(C)(C)CN(C(=O)c1ccc2ccccc2c1)C(C)(C)C. The van der Waals surface area contributed by atoms with Crippen molar-refractivity contribution in [1.29, 1.82) is 0 Å². The van der Waals surface area contributed by atoms with E-state index in [0.29, 0.717) is 0 Å². The van der Waals surface area contributed by atoms with Crippen LogP contribution in [-0.2, 0) is 0 Å². The lowest BCUT2D eigenvalue weighted by atomic mass is 9.92. The maximum absolute atomic E-state index is 13.0. The van der Waals surface area contributed by atoms with Crippen LogP contribution in [-0.4, -0.2) is 22.9 Å². The number of fused-ring (bicyclic) bond motifs is 1. The standard InChI is InChI=1S/C20H27NO/c1-19(2,3)14-21(20(4,5)6)18(22)17-12-11-15-9-7-8-10-16(15)13-17/h7-13H,14H2,1-6H3. The van der Waals surface area contributed by atoms with Crippen molar-refractivity contribution in [3.63, 3.8) is 0 Å². The van der Waals surface area contributed by atoms with Crippen molar-refractivity contribution < 1.29 is 4.79 Å². The smallest absolute Gasteiger partial charge is 0.254 e. The van der Waals surface area contributed by atoms with Crippen LogP contribution in [0.3, 0.4) is 0 Å². The lowest BCUT2D eigenvalue weighted by Gasteiger charge is -2.40. The van der Waals surface area contributed by atoms with Gasteiger partial charge in [0.15, 0.2) is 0 Å². The number of benzene rings is 2. The monoisotopic (exact) mass is 297 g/mol. The summed E-state index contributed by atoms with van der Waals surface area (Å²) >= 11 is 0. The van der Waals surface area contributed by atoms with Gasteiger partial charge in [0.25, 0.3) is 5.91 Å². The number of rotatable bonds is 2. The Bertz CT molecular complexity index is 674. The van der Waals surface area contributed by atoms with Gasteiger partial charge >= 0.3 is 0 Å². The van der Waals surface area contributed by atoms with E-state index in [4.69, 9.17) is 0 Å². The number of carbonyl (C=O) groups excluding carboxylic acids is 1. The van der Waals surface area contributed by atoms with Crippen LogP contribution in [0.5, 0.6) is 0 Å². The molecule has 0 unspecified atom stereocenters. The summed E-state index contributed by atoms with van der Waals surface area (Å²) in [5.74, 6) is 0.105. The quantitative estimate of drug-likeness (QED) is 0.752. The molecule has 0 heterocycles. The molecule has 22 heavy (non-hydrogen) atoms. The highest BCUT2D eigenvalue weighted by atomic mass is 16.2. The van der Waals surface area contributed by atoms with Crippen LogP contribution in [0.25, 0.3) is 10.8 Å². The molecule has 0 radical (unpaired) electrons. The fourth-order valence-electron chi connectivity index (χ4n) is 2.57. The van der Waals surface area contributed by atoms with E-state index in [9.17, 15) is 4.79 Å². The van der Waals surface area contributed by atoms with Crippen LogP contribution in [0.1, 0.15) is 51.9 Å². The topological polar surface area (TPSA) is 20.3 Å². The van der Waals surface area contributed by atoms with Gasteiger partial charge in [0.2, 0.25) is 0 Å². The summed E-state index contributed by atoms with van der Waals surface area (Å²) in [6, 6.07) is 14.1. The first-order valence-electron chi connectivity index (χ1n) is 7.89. The van der Waals surface area contributed by atoms with Crippen LogP contribution in [0.2, 0.25) is 0 Å². The number of nitrogens with zero attached hydrogens (tertiary/aromatic N) is 1. The molecule has 0 atom stereocenters. The molecule has 2 heteroatoms. The second-order valence-electron chi connectivity index (χ2n) is 8.18. The Morgan fingerprint density at radius 3 is 2.05 bits per heavy atom. The lowest BCUT2D eigenvalue weighted by molar-refractivity contribution is 0.0478. The van der Waals surface area contributed by atoms with E-state index in [2.05, 4.69) is 53.7 Å². The lowest BCUT2D eigenvalue weighted by Crippen LogP contribution is -2.49. The zero-order valence-corrected chi connectivity index (χ0v) is 14.6. The summed E-state index contributed by atoms with van der Waals surface area (Å²) in [7, 11) is 0. The molecule has 0 aromatic heterocycles. The summed E-state index contributed by atoms with van der Waals surface area (Å²) in [5, 5.41) is 2.27. The van der Waals surface area contributed by atoms with E-state index in [0.717, 1.165) is 22.9 Å². The van der Waals surface area contributed by atoms with Crippen LogP contribution in [0.4, 0.5) is 0 Å². The Labute approximate surface area is 134 Å². The number of hydrogen-bond donors (Lipinski definition) is 0. The highest BCUT2D eigenvalue weighted by Crippen LogP contribution is 2.25. The van der Waals surface area contributed by atoms with Crippen molar-refractivity contribution in [3.8, 4) is 0 Å². The largest absolute Gasteiger partial charge is 0.333 e. The first-order valence-corrected chi connectivity index (χ1v) is 7.89. The summed E-state index contributed by atoms with van der Waals surface area (Å²) in [6.45, 7) is 13.5. The zero-order valence-electron chi connectivity index (χ0n) is 14.6. The van der Waals surface area contributed by atoms with Crippen molar-refractivity contribution in [2.75, 3.05) is 6.54 Å². The molecule has 0 aliphatic carbocycles. The minimum atomic E-state index is -0.198. The molecule has 2 nitrogen and oxygen atoms in total. The number of amides is 1. The van der Waals surface area contributed by atoms with Gasteiger partial charge in [0.1, 0.15) is 0 Å². The van der Waals surface area contributed by atoms with Crippen molar-refractivity contribution in [1.82, 2.24) is 4.90 Å². The first-order chi connectivity index (χ1) is 10.1. The molecule has 118 valence electrons. The van der Waals surface area contributed by atoms with E-state index in [-0.39, 0.29) is 16.9 Å². The van der Waals surface area contributed by atoms with Crippen LogP contribution < -0.4 is 0 Å². The molecule has 0 bridgehead atoms. The molecule has 2 aromatic carbocycles. The molecular weight excluding hydrogens is 270 g/mol. The highest BCUT2D eigenvalue weighted by Gasteiger charge is 2.30. The fourth-order valence-corrected chi connectivity index (χ4v) is 2.57. The third kappa shape index (κ3) is 3.88.